The molecule has 2 aromatic rings. The van der Waals surface area contributed by atoms with E-state index in [0.29, 0.717) is 24.0 Å². The van der Waals surface area contributed by atoms with Crippen LogP contribution in [0, 0.1) is 5.41 Å². The van der Waals surface area contributed by atoms with Gasteiger partial charge in [0.2, 0.25) is 0 Å². The number of fused-ring (bicyclic) bond motifs is 1. The van der Waals surface area contributed by atoms with Gasteiger partial charge in [0.1, 0.15) is 5.60 Å². The fourth-order valence-corrected chi connectivity index (χ4v) is 4.28. The molecule has 11 heteroatoms. The van der Waals surface area contributed by atoms with Crippen LogP contribution in [0.1, 0.15) is 75.1 Å². The molecule has 1 aliphatic rings. The van der Waals surface area contributed by atoms with Crippen LogP contribution >= 0.6 is 0 Å². The van der Waals surface area contributed by atoms with Crippen LogP contribution in [0.15, 0.2) is 18.5 Å². The minimum Gasteiger partial charge on any atom is -0.444 e. The lowest BCUT2D eigenvalue weighted by molar-refractivity contribution is 0.0382. The van der Waals surface area contributed by atoms with Gasteiger partial charge in [0.25, 0.3) is 11.8 Å². The molecule has 0 saturated heterocycles. The number of nitrogens with one attached hydrogen (secondary N) is 3. The Morgan fingerprint density at radius 2 is 1.91 bits per heavy atom. The van der Waals surface area contributed by atoms with Crippen LogP contribution in [0.25, 0.3) is 5.52 Å². The van der Waals surface area contributed by atoms with E-state index < -0.39 is 34.5 Å². The van der Waals surface area contributed by atoms with E-state index in [-0.39, 0.29) is 17.2 Å². The zero-order valence-electron chi connectivity index (χ0n) is 19.9. The monoisotopic (exact) mass is 459 g/mol. The van der Waals surface area contributed by atoms with E-state index in [2.05, 4.69) is 21.2 Å². The maximum absolute atomic E-state index is 12.5. The van der Waals surface area contributed by atoms with E-state index in [0.717, 1.165) is 0 Å². The zero-order chi connectivity index (χ0) is 24.8. The van der Waals surface area contributed by atoms with Crippen LogP contribution in [0.3, 0.4) is 0 Å². The predicted molar refractivity (Wildman–Crippen MR) is 124 cm³/mol. The van der Waals surface area contributed by atoms with Crippen molar-refractivity contribution in [1.82, 2.24) is 20.4 Å². The van der Waals surface area contributed by atoms with Gasteiger partial charge in [-0.05, 0) is 46.6 Å². The number of primary amides is 1. The number of amides is 3. The molecule has 0 aliphatic heterocycles. The third-order valence-electron chi connectivity index (χ3n) is 6.62. The fourth-order valence-electron chi connectivity index (χ4n) is 4.28. The molecule has 3 amide bonds. The number of carbonyl (C=O) groups excluding carboxylic acids is 3. The standard InChI is InChI=1S/C22H33N7O4/c1-20(2,3)33-19(32)27-22(6)8-7-15(21(22,4)5)26-16-13(17(23)30)10-25-29-11-12(9-14(16)29)18(31)28-24/h9-11,15,26H,7-8,24H2,1-6H3,(H2,23,30)(H,27,32)(H,28,31)/t15-,22+/m1/s1. The van der Waals surface area contributed by atoms with Crippen molar-refractivity contribution in [2.45, 2.75) is 71.6 Å². The largest absolute Gasteiger partial charge is 0.444 e. The van der Waals surface area contributed by atoms with Gasteiger partial charge >= 0.3 is 6.09 Å². The molecule has 1 aliphatic carbocycles. The second-order valence-corrected chi connectivity index (χ2v) is 10.2. The molecule has 1 saturated carbocycles. The van der Waals surface area contributed by atoms with E-state index in [9.17, 15) is 14.4 Å². The van der Waals surface area contributed by atoms with Crippen molar-refractivity contribution in [3.63, 3.8) is 0 Å². The number of hydrazine groups is 1. The third-order valence-corrected chi connectivity index (χ3v) is 6.62. The SMILES string of the molecule is CC(C)(C)OC(=O)N[C@@]1(C)CC[C@@H](Nc2c(C(N)=O)cnn3cc(C(=O)NN)cc23)C1(C)C. The molecule has 33 heavy (non-hydrogen) atoms. The van der Waals surface area contributed by atoms with Gasteiger partial charge < -0.3 is 21.1 Å². The first-order chi connectivity index (χ1) is 15.2. The number of anilines is 1. The molecule has 3 rings (SSSR count). The number of ether oxygens (including phenoxy) is 1. The van der Waals surface area contributed by atoms with Gasteiger partial charge in [-0.25, -0.2) is 15.2 Å². The van der Waals surface area contributed by atoms with Crippen molar-refractivity contribution < 1.29 is 19.1 Å². The first-order valence-electron chi connectivity index (χ1n) is 10.8. The van der Waals surface area contributed by atoms with Crippen molar-refractivity contribution >= 4 is 29.1 Å². The lowest BCUT2D eigenvalue weighted by atomic mass is 9.74. The summed E-state index contributed by atoms with van der Waals surface area (Å²) in [6.45, 7) is 11.5. The van der Waals surface area contributed by atoms with E-state index in [1.807, 2.05) is 41.5 Å². The van der Waals surface area contributed by atoms with Crippen LogP contribution in [0.4, 0.5) is 10.5 Å². The molecule has 2 heterocycles. The van der Waals surface area contributed by atoms with Gasteiger partial charge in [0.05, 0.1) is 28.5 Å². The van der Waals surface area contributed by atoms with Crippen molar-refractivity contribution in [3.05, 3.63) is 29.6 Å². The Morgan fingerprint density at radius 3 is 2.48 bits per heavy atom. The molecule has 180 valence electrons. The molecule has 0 radical (unpaired) electrons. The highest BCUT2D eigenvalue weighted by molar-refractivity contribution is 6.03. The smallest absolute Gasteiger partial charge is 0.408 e. The number of hydrogen-bond donors (Lipinski definition) is 5. The highest BCUT2D eigenvalue weighted by atomic mass is 16.6. The molecule has 2 atom stereocenters. The molecule has 11 nitrogen and oxygen atoms in total. The number of hydrogen-bond acceptors (Lipinski definition) is 7. The van der Waals surface area contributed by atoms with Gasteiger partial charge in [-0.1, -0.05) is 13.8 Å². The summed E-state index contributed by atoms with van der Waals surface area (Å²) in [5.41, 5.74) is 7.54. The zero-order valence-corrected chi connectivity index (χ0v) is 19.9. The summed E-state index contributed by atoms with van der Waals surface area (Å²) < 4.78 is 6.95. The molecule has 7 N–H and O–H groups in total. The first-order valence-corrected chi connectivity index (χ1v) is 10.8. The lowest BCUT2D eigenvalue weighted by Gasteiger charge is -2.42. The molecule has 2 aromatic heterocycles. The number of aromatic nitrogens is 2. The maximum Gasteiger partial charge on any atom is 0.408 e. The summed E-state index contributed by atoms with van der Waals surface area (Å²) in [4.78, 5) is 36.7. The summed E-state index contributed by atoms with van der Waals surface area (Å²) in [6, 6.07) is 1.45. The Morgan fingerprint density at radius 1 is 1.24 bits per heavy atom. The van der Waals surface area contributed by atoms with Crippen LogP contribution in [0.5, 0.6) is 0 Å². The second kappa shape index (κ2) is 8.22. The Balaban J connectivity index is 1.95. The van der Waals surface area contributed by atoms with Gasteiger partial charge in [-0.2, -0.15) is 5.10 Å². The number of rotatable bonds is 5. The van der Waals surface area contributed by atoms with Crippen LogP contribution in [-0.4, -0.2) is 44.7 Å². The fraction of sp³-hybridized carbons (Fsp3) is 0.545. The van der Waals surface area contributed by atoms with E-state index >= 15 is 0 Å². The summed E-state index contributed by atoms with van der Waals surface area (Å²) in [5.74, 6) is 4.12. The summed E-state index contributed by atoms with van der Waals surface area (Å²) in [7, 11) is 0. The van der Waals surface area contributed by atoms with Crippen LogP contribution in [0.2, 0.25) is 0 Å². The Bertz CT molecular complexity index is 1100. The van der Waals surface area contributed by atoms with Gasteiger partial charge in [-0.3, -0.25) is 15.0 Å². The Labute approximate surface area is 192 Å². The maximum atomic E-state index is 12.5. The number of carbonyl (C=O) groups is 3. The van der Waals surface area contributed by atoms with Crippen molar-refractivity contribution in [1.29, 1.82) is 0 Å². The number of alkyl carbamates (subject to hydrolysis) is 1. The molecule has 1 fully saturated rings. The third kappa shape index (κ3) is 4.58. The van der Waals surface area contributed by atoms with E-state index in [1.165, 1.54) is 16.9 Å². The highest BCUT2D eigenvalue weighted by Crippen LogP contribution is 2.47. The van der Waals surface area contributed by atoms with Crippen LogP contribution in [-0.2, 0) is 4.74 Å². The van der Waals surface area contributed by atoms with Crippen molar-refractivity contribution in [2.24, 2.45) is 17.0 Å². The quantitative estimate of drug-likeness (QED) is 0.259. The average Bonchev–Trinajstić information content (AvgIpc) is 3.20. The summed E-state index contributed by atoms with van der Waals surface area (Å²) >= 11 is 0. The van der Waals surface area contributed by atoms with Gasteiger partial charge in [-0.15, -0.1) is 0 Å². The van der Waals surface area contributed by atoms with Crippen molar-refractivity contribution in [3.8, 4) is 0 Å². The Kier molecular flexibility index (Phi) is 6.05. The number of nitrogens with zero attached hydrogens (tertiary/aromatic N) is 2. The molecule has 0 unspecified atom stereocenters. The molecular weight excluding hydrogens is 426 g/mol. The first kappa shape index (κ1) is 24.3. The van der Waals surface area contributed by atoms with E-state index in [1.54, 1.807) is 6.07 Å². The van der Waals surface area contributed by atoms with Crippen LogP contribution < -0.4 is 27.6 Å². The summed E-state index contributed by atoms with van der Waals surface area (Å²) in [6.07, 6.45) is 3.80. The predicted octanol–water partition coefficient (Wildman–Crippen LogP) is 1.92. The Hall–Kier alpha value is -3.34. The lowest BCUT2D eigenvalue weighted by Crippen LogP contribution is -2.57. The molecule has 0 bridgehead atoms. The van der Waals surface area contributed by atoms with Gasteiger partial charge in [0, 0.05) is 23.2 Å². The average molecular weight is 460 g/mol. The molecule has 0 spiro atoms. The van der Waals surface area contributed by atoms with Crippen molar-refractivity contribution in [2.75, 3.05) is 5.32 Å². The normalized spacial score (nSPS) is 22.1. The topological polar surface area (TPSA) is 166 Å². The second-order valence-electron chi connectivity index (χ2n) is 10.2. The molecular formula is C22H33N7O4. The highest BCUT2D eigenvalue weighted by Gasteiger charge is 2.53. The summed E-state index contributed by atoms with van der Waals surface area (Å²) in [5, 5.41) is 10.7. The minimum absolute atomic E-state index is 0.136. The molecule has 0 aromatic carbocycles. The number of nitrogen functional groups attached to an aromatic ring is 1. The van der Waals surface area contributed by atoms with E-state index in [4.69, 9.17) is 16.3 Å². The van der Waals surface area contributed by atoms with Gasteiger partial charge in [0.15, 0.2) is 0 Å². The minimum atomic E-state index is -0.649. The number of nitrogens with two attached hydrogens (primary N) is 2.